The van der Waals surface area contributed by atoms with Gasteiger partial charge in [0, 0.05) is 49.2 Å². The van der Waals surface area contributed by atoms with Crippen molar-refractivity contribution in [1.82, 2.24) is 24.8 Å². The van der Waals surface area contributed by atoms with Crippen LogP contribution in [0.2, 0.25) is 0 Å². The van der Waals surface area contributed by atoms with Crippen molar-refractivity contribution in [3.8, 4) is 17.1 Å². The van der Waals surface area contributed by atoms with Crippen molar-refractivity contribution in [3.05, 3.63) is 35.4 Å². The van der Waals surface area contributed by atoms with Crippen LogP contribution in [0.5, 0.6) is 6.01 Å². The summed E-state index contributed by atoms with van der Waals surface area (Å²) in [6, 6.07) is 2.54. The first kappa shape index (κ1) is 41.6. The predicted molar refractivity (Wildman–Crippen MR) is 210 cm³/mol. The van der Waals surface area contributed by atoms with Crippen LogP contribution in [0.1, 0.15) is 80.2 Å². The molecular formula is C40H48F5N7O5S. The fourth-order valence-electron chi connectivity index (χ4n) is 8.35. The summed E-state index contributed by atoms with van der Waals surface area (Å²) in [6.07, 6.45) is -3.86. The predicted octanol–water partition coefficient (Wildman–Crippen LogP) is 9.25. The molecule has 2 aromatic heterocycles. The number of nitrogens with one attached hydrogen (secondary N) is 1. The summed E-state index contributed by atoms with van der Waals surface area (Å²) in [5, 5.41) is 2.01. The highest BCUT2D eigenvalue weighted by molar-refractivity contribution is 7.22. The third-order valence-electron chi connectivity index (χ3n) is 10.4. The number of nitrogens with zero attached hydrogens (tertiary/aromatic N) is 6. The van der Waals surface area contributed by atoms with Gasteiger partial charge in [0.05, 0.1) is 21.3 Å². The van der Waals surface area contributed by atoms with Gasteiger partial charge in [-0.1, -0.05) is 25.2 Å². The molecule has 0 bridgehead atoms. The third-order valence-corrected chi connectivity index (χ3v) is 11.4. The van der Waals surface area contributed by atoms with Gasteiger partial charge in [-0.05, 0) is 91.0 Å². The Kier molecular flexibility index (Phi) is 10.5. The number of amides is 2. The summed E-state index contributed by atoms with van der Waals surface area (Å²) in [4.78, 5) is 44.3. The molecule has 0 spiro atoms. The normalized spacial score (nSPS) is 20.2. The number of anilines is 2. The van der Waals surface area contributed by atoms with Gasteiger partial charge < -0.3 is 24.0 Å². The van der Waals surface area contributed by atoms with Crippen LogP contribution in [-0.4, -0.2) is 99.6 Å². The lowest BCUT2D eigenvalue weighted by molar-refractivity contribution is -0.137. The number of hydrogen-bond acceptors (Lipinski definition) is 11. The van der Waals surface area contributed by atoms with Crippen molar-refractivity contribution in [3.63, 3.8) is 0 Å². The fraction of sp³-hybridized carbons (Fsp3) is 0.575. The van der Waals surface area contributed by atoms with Gasteiger partial charge in [-0.15, -0.1) is 0 Å². The van der Waals surface area contributed by atoms with Crippen LogP contribution in [0, 0.1) is 17.0 Å². The zero-order valence-electron chi connectivity index (χ0n) is 33.8. The molecule has 314 valence electrons. The van der Waals surface area contributed by atoms with E-state index in [1.165, 1.54) is 4.90 Å². The largest absolute Gasteiger partial charge is 0.461 e. The van der Waals surface area contributed by atoms with E-state index in [1.807, 2.05) is 0 Å². The zero-order valence-corrected chi connectivity index (χ0v) is 34.6. The highest BCUT2D eigenvalue weighted by Gasteiger charge is 2.52. The van der Waals surface area contributed by atoms with Crippen LogP contribution in [0.4, 0.5) is 42.5 Å². The molecule has 0 saturated carbocycles. The van der Waals surface area contributed by atoms with Gasteiger partial charge in [0.2, 0.25) is 0 Å². The SMILES string of the molecule is CC1(C)CN2CCCC2(COc2nc(N3CCN(C(=O)OC(C)(C)C)CC3)c3cc(C(F)(F)F)c(-c4ccc(F)c5sc(NC(=O)OC(C)(C)C)nc45)c(F)c3n2)C1. The highest BCUT2D eigenvalue weighted by Crippen LogP contribution is 2.49. The van der Waals surface area contributed by atoms with Crippen LogP contribution >= 0.6 is 11.3 Å². The van der Waals surface area contributed by atoms with E-state index in [0.717, 1.165) is 50.6 Å². The van der Waals surface area contributed by atoms with E-state index < -0.39 is 57.8 Å². The standard InChI is InChI=1S/C40H48F5N7O5S/c1-36(2,3)56-34(53)49-33-47-29-22(10-11-25(41)30(29)58-33)26-24(40(43,44)45)18-23-28(27(26)42)46-32(55-21-39-12-9-13-52(39)20-38(7,8)19-39)48-31(23)50-14-16-51(17-15-50)35(54)57-37(4,5)6/h10-11,18H,9,12-17,19-21H2,1-8H3,(H,47,49,53). The van der Waals surface area contributed by atoms with Crippen LogP contribution < -0.4 is 15.0 Å². The van der Waals surface area contributed by atoms with Crippen molar-refractivity contribution in [1.29, 1.82) is 0 Å². The van der Waals surface area contributed by atoms with Crippen molar-refractivity contribution >= 4 is 55.6 Å². The minimum Gasteiger partial charge on any atom is -0.461 e. The average molecular weight is 834 g/mol. The molecule has 3 saturated heterocycles. The minimum atomic E-state index is -5.11. The van der Waals surface area contributed by atoms with Gasteiger partial charge in [-0.3, -0.25) is 10.2 Å². The number of alkyl halides is 3. The quantitative estimate of drug-likeness (QED) is 0.188. The Hall–Kier alpha value is -4.58. The van der Waals surface area contributed by atoms with Crippen molar-refractivity contribution in [2.75, 3.05) is 56.1 Å². The fourth-order valence-corrected chi connectivity index (χ4v) is 9.23. The number of carbonyl (C=O) groups excluding carboxylic acids is 2. The van der Waals surface area contributed by atoms with Gasteiger partial charge >= 0.3 is 24.4 Å². The van der Waals surface area contributed by atoms with Gasteiger partial charge in [0.15, 0.2) is 10.9 Å². The number of rotatable bonds is 6. The molecular weight excluding hydrogens is 786 g/mol. The lowest BCUT2D eigenvalue weighted by Crippen LogP contribution is -2.50. The lowest BCUT2D eigenvalue weighted by atomic mass is 9.83. The maximum absolute atomic E-state index is 17.3. The Bertz CT molecular complexity index is 2260. The summed E-state index contributed by atoms with van der Waals surface area (Å²) in [6.45, 7) is 17.1. The van der Waals surface area contributed by atoms with Gasteiger partial charge in [0.1, 0.15) is 35.0 Å². The summed E-state index contributed by atoms with van der Waals surface area (Å²) >= 11 is 0.669. The first-order valence-corrected chi connectivity index (χ1v) is 20.1. The number of benzene rings is 2. The van der Waals surface area contributed by atoms with Gasteiger partial charge in [0.25, 0.3) is 0 Å². The highest BCUT2D eigenvalue weighted by atomic mass is 32.1. The molecule has 1 unspecified atom stereocenters. The number of piperazine rings is 1. The maximum Gasteiger partial charge on any atom is 0.417 e. The number of ether oxygens (including phenoxy) is 3. The molecule has 5 heterocycles. The van der Waals surface area contributed by atoms with Crippen LogP contribution in [0.3, 0.4) is 0 Å². The molecule has 7 rings (SSSR count). The Morgan fingerprint density at radius 3 is 2.26 bits per heavy atom. The van der Waals surface area contributed by atoms with E-state index in [4.69, 9.17) is 14.2 Å². The number of halogens is 5. The van der Waals surface area contributed by atoms with E-state index in [-0.39, 0.29) is 81.9 Å². The molecule has 1 atom stereocenters. The second kappa shape index (κ2) is 14.6. The number of fused-ring (bicyclic) bond motifs is 3. The molecule has 0 aliphatic carbocycles. The second-order valence-electron chi connectivity index (χ2n) is 18.1. The maximum atomic E-state index is 17.3. The number of aromatic nitrogens is 3. The van der Waals surface area contributed by atoms with Crippen LogP contribution in [-0.2, 0) is 15.7 Å². The Morgan fingerprint density at radius 1 is 0.914 bits per heavy atom. The molecule has 3 aliphatic heterocycles. The molecule has 4 aromatic rings. The number of thiazole rings is 1. The van der Waals surface area contributed by atoms with E-state index in [2.05, 4.69) is 39.0 Å². The van der Waals surface area contributed by atoms with E-state index >= 15 is 22.0 Å². The molecule has 2 amide bonds. The molecule has 12 nitrogen and oxygen atoms in total. The van der Waals surface area contributed by atoms with Gasteiger partial charge in [-0.25, -0.2) is 23.4 Å². The number of hydrogen-bond donors (Lipinski definition) is 1. The molecule has 0 radical (unpaired) electrons. The van der Waals surface area contributed by atoms with E-state index in [9.17, 15) is 9.59 Å². The number of carbonyl (C=O) groups is 2. The molecule has 58 heavy (non-hydrogen) atoms. The Labute approximate surface area is 337 Å². The Morgan fingerprint density at radius 2 is 1.60 bits per heavy atom. The van der Waals surface area contributed by atoms with Crippen LogP contribution in [0.15, 0.2) is 18.2 Å². The topological polar surface area (TPSA) is 122 Å². The first-order valence-electron chi connectivity index (χ1n) is 19.2. The zero-order chi connectivity index (χ0) is 42.2. The third kappa shape index (κ3) is 8.44. The summed E-state index contributed by atoms with van der Waals surface area (Å²) in [5.41, 5.74) is -5.26. The summed E-state index contributed by atoms with van der Waals surface area (Å²) in [7, 11) is 0. The molecule has 3 fully saturated rings. The summed E-state index contributed by atoms with van der Waals surface area (Å²) < 4.78 is 95.1. The minimum absolute atomic E-state index is 0.00840. The lowest BCUT2D eigenvalue weighted by Gasteiger charge is -2.36. The molecule has 3 aliphatic rings. The average Bonchev–Trinajstić information content (AvgIpc) is 3.76. The van der Waals surface area contributed by atoms with E-state index in [1.54, 1.807) is 46.4 Å². The first-order chi connectivity index (χ1) is 26.9. The monoisotopic (exact) mass is 833 g/mol. The van der Waals surface area contributed by atoms with Crippen molar-refractivity contribution in [2.24, 2.45) is 5.41 Å². The smallest absolute Gasteiger partial charge is 0.417 e. The van der Waals surface area contributed by atoms with Gasteiger partial charge in [-0.2, -0.15) is 23.1 Å². The Balaban J connectivity index is 1.35. The van der Waals surface area contributed by atoms with Crippen molar-refractivity contribution in [2.45, 2.75) is 97.6 Å². The second-order valence-corrected chi connectivity index (χ2v) is 19.1. The molecule has 18 heteroatoms. The van der Waals surface area contributed by atoms with Crippen LogP contribution in [0.25, 0.3) is 32.2 Å². The van der Waals surface area contributed by atoms with E-state index in [0.29, 0.717) is 11.3 Å². The molecule has 1 N–H and O–H groups in total. The van der Waals surface area contributed by atoms with Crippen molar-refractivity contribution < 1.29 is 45.8 Å². The summed E-state index contributed by atoms with van der Waals surface area (Å²) in [5.74, 6) is -2.16. The molecule has 2 aromatic carbocycles.